The van der Waals surface area contributed by atoms with Crippen LogP contribution in [0.4, 0.5) is 0 Å². The van der Waals surface area contributed by atoms with Gasteiger partial charge in [-0.2, -0.15) is 0 Å². The first-order valence-electron chi connectivity index (χ1n) is 7.61. The first kappa shape index (κ1) is 15.0. The molecule has 1 aliphatic heterocycles. The zero-order valence-corrected chi connectivity index (χ0v) is 12.2. The lowest BCUT2D eigenvalue weighted by molar-refractivity contribution is 0.103. The molecule has 17 heavy (non-hydrogen) atoms. The molecule has 2 nitrogen and oxygen atoms in total. The molecule has 0 spiro atoms. The molecule has 2 atom stereocenters. The predicted molar refractivity (Wildman–Crippen MR) is 76.2 cm³/mol. The highest BCUT2D eigenvalue weighted by Gasteiger charge is 2.30. The van der Waals surface area contributed by atoms with Gasteiger partial charge in [-0.3, -0.25) is 4.90 Å². The van der Waals surface area contributed by atoms with Crippen LogP contribution in [-0.2, 0) is 0 Å². The second-order valence-electron chi connectivity index (χ2n) is 6.02. The van der Waals surface area contributed by atoms with E-state index in [9.17, 15) is 0 Å². The molecule has 1 heterocycles. The Kier molecular flexibility index (Phi) is 6.50. The second kappa shape index (κ2) is 7.38. The van der Waals surface area contributed by atoms with Crippen molar-refractivity contribution in [1.29, 1.82) is 0 Å². The van der Waals surface area contributed by atoms with Crippen LogP contribution in [0.2, 0.25) is 0 Å². The third-order valence-electron chi connectivity index (χ3n) is 4.54. The van der Waals surface area contributed by atoms with Gasteiger partial charge in [0.2, 0.25) is 0 Å². The fourth-order valence-electron chi connectivity index (χ4n) is 3.33. The quantitative estimate of drug-likeness (QED) is 0.771. The SMILES string of the molecule is CCCC1CCCN(C(C)(CN)CCC)CC1. The molecule has 1 saturated heterocycles. The summed E-state index contributed by atoms with van der Waals surface area (Å²) < 4.78 is 0. The van der Waals surface area contributed by atoms with Gasteiger partial charge < -0.3 is 5.73 Å². The van der Waals surface area contributed by atoms with E-state index in [2.05, 4.69) is 25.7 Å². The highest BCUT2D eigenvalue weighted by molar-refractivity contribution is 4.88. The summed E-state index contributed by atoms with van der Waals surface area (Å²) >= 11 is 0. The van der Waals surface area contributed by atoms with Gasteiger partial charge in [0.25, 0.3) is 0 Å². The monoisotopic (exact) mass is 240 g/mol. The first-order valence-corrected chi connectivity index (χ1v) is 7.61. The normalized spacial score (nSPS) is 26.5. The van der Waals surface area contributed by atoms with Gasteiger partial charge in [-0.15, -0.1) is 0 Å². The Balaban J connectivity index is 2.54. The van der Waals surface area contributed by atoms with E-state index in [4.69, 9.17) is 5.73 Å². The lowest BCUT2D eigenvalue weighted by Crippen LogP contribution is -2.52. The molecule has 0 bridgehead atoms. The van der Waals surface area contributed by atoms with E-state index in [-0.39, 0.29) is 5.54 Å². The van der Waals surface area contributed by atoms with Crippen LogP contribution >= 0.6 is 0 Å². The predicted octanol–water partition coefficient (Wildman–Crippen LogP) is 3.41. The van der Waals surface area contributed by atoms with Crippen LogP contribution in [0.3, 0.4) is 0 Å². The fourth-order valence-corrected chi connectivity index (χ4v) is 3.33. The Morgan fingerprint density at radius 3 is 2.53 bits per heavy atom. The maximum atomic E-state index is 6.03. The first-order chi connectivity index (χ1) is 8.16. The zero-order chi connectivity index (χ0) is 12.7. The largest absolute Gasteiger partial charge is 0.329 e. The Morgan fingerprint density at radius 2 is 1.94 bits per heavy atom. The Labute approximate surface area is 108 Å². The minimum Gasteiger partial charge on any atom is -0.329 e. The minimum atomic E-state index is 0.246. The molecule has 1 aliphatic rings. The van der Waals surface area contributed by atoms with Crippen molar-refractivity contribution in [3.05, 3.63) is 0 Å². The Hall–Kier alpha value is -0.0800. The number of likely N-dealkylation sites (tertiary alicyclic amines) is 1. The molecule has 0 aromatic rings. The Bertz CT molecular complexity index is 205. The Morgan fingerprint density at radius 1 is 1.18 bits per heavy atom. The summed E-state index contributed by atoms with van der Waals surface area (Å²) in [6.07, 6.45) is 9.41. The van der Waals surface area contributed by atoms with Gasteiger partial charge in [0, 0.05) is 12.1 Å². The molecule has 102 valence electrons. The molecule has 0 radical (unpaired) electrons. The van der Waals surface area contributed by atoms with Crippen LogP contribution in [0.25, 0.3) is 0 Å². The third kappa shape index (κ3) is 4.26. The molecular formula is C15H32N2. The average Bonchev–Trinajstić information content (AvgIpc) is 2.56. The van der Waals surface area contributed by atoms with Crippen LogP contribution in [-0.4, -0.2) is 30.1 Å². The summed E-state index contributed by atoms with van der Waals surface area (Å²) in [6.45, 7) is 10.3. The molecule has 0 amide bonds. The summed E-state index contributed by atoms with van der Waals surface area (Å²) in [5, 5.41) is 0. The second-order valence-corrected chi connectivity index (χ2v) is 6.02. The maximum Gasteiger partial charge on any atom is 0.0303 e. The summed E-state index contributed by atoms with van der Waals surface area (Å²) in [6, 6.07) is 0. The van der Waals surface area contributed by atoms with Crippen molar-refractivity contribution >= 4 is 0 Å². The average molecular weight is 240 g/mol. The molecule has 2 N–H and O–H groups in total. The fraction of sp³-hybridized carbons (Fsp3) is 1.00. The van der Waals surface area contributed by atoms with E-state index < -0.39 is 0 Å². The van der Waals surface area contributed by atoms with Gasteiger partial charge in [-0.25, -0.2) is 0 Å². The van der Waals surface area contributed by atoms with E-state index in [1.165, 1.54) is 58.0 Å². The van der Waals surface area contributed by atoms with E-state index in [0.717, 1.165) is 12.5 Å². The van der Waals surface area contributed by atoms with Gasteiger partial charge in [-0.05, 0) is 51.6 Å². The van der Waals surface area contributed by atoms with Crippen molar-refractivity contribution in [2.75, 3.05) is 19.6 Å². The summed E-state index contributed by atoms with van der Waals surface area (Å²) in [5.74, 6) is 0.966. The van der Waals surface area contributed by atoms with Crippen molar-refractivity contribution in [2.45, 2.75) is 71.3 Å². The van der Waals surface area contributed by atoms with Crippen molar-refractivity contribution in [1.82, 2.24) is 4.90 Å². The molecule has 1 rings (SSSR count). The minimum absolute atomic E-state index is 0.246. The molecule has 2 heteroatoms. The topological polar surface area (TPSA) is 29.3 Å². The van der Waals surface area contributed by atoms with Gasteiger partial charge in [0.15, 0.2) is 0 Å². The van der Waals surface area contributed by atoms with E-state index >= 15 is 0 Å². The smallest absolute Gasteiger partial charge is 0.0303 e. The molecule has 0 aromatic heterocycles. The van der Waals surface area contributed by atoms with Crippen LogP contribution in [0, 0.1) is 5.92 Å². The van der Waals surface area contributed by atoms with Crippen LogP contribution in [0.1, 0.15) is 65.7 Å². The molecular weight excluding hydrogens is 208 g/mol. The van der Waals surface area contributed by atoms with Crippen molar-refractivity contribution in [3.8, 4) is 0 Å². The number of rotatable bonds is 6. The lowest BCUT2D eigenvalue weighted by atomic mass is 9.93. The van der Waals surface area contributed by atoms with E-state index in [0.29, 0.717) is 0 Å². The van der Waals surface area contributed by atoms with Crippen molar-refractivity contribution < 1.29 is 0 Å². The van der Waals surface area contributed by atoms with Crippen LogP contribution in [0.5, 0.6) is 0 Å². The standard InChI is InChI=1S/C15H32N2/c1-4-7-14-8-6-11-17(12-9-14)15(3,13-16)10-5-2/h14H,4-13,16H2,1-3H3. The van der Waals surface area contributed by atoms with Gasteiger partial charge >= 0.3 is 0 Å². The molecule has 0 aliphatic carbocycles. The van der Waals surface area contributed by atoms with Crippen LogP contribution < -0.4 is 5.73 Å². The summed E-state index contributed by atoms with van der Waals surface area (Å²) in [5.41, 5.74) is 6.27. The molecule has 2 unspecified atom stereocenters. The molecule has 0 aromatic carbocycles. The van der Waals surface area contributed by atoms with Gasteiger partial charge in [0.1, 0.15) is 0 Å². The molecule has 1 fully saturated rings. The van der Waals surface area contributed by atoms with Crippen molar-refractivity contribution in [2.24, 2.45) is 11.7 Å². The van der Waals surface area contributed by atoms with E-state index in [1.54, 1.807) is 0 Å². The highest BCUT2D eigenvalue weighted by Crippen LogP contribution is 2.28. The van der Waals surface area contributed by atoms with E-state index in [1.807, 2.05) is 0 Å². The zero-order valence-electron chi connectivity index (χ0n) is 12.2. The highest BCUT2D eigenvalue weighted by atomic mass is 15.2. The summed E-state index contributed by atoms with van der Waals surface area (Å²) in [7, 11) is 0. The maximum absolute atomic E-state index is 6.03. The summed E-state index contributed by atoms with van der Waals surface area (Å²) in [4.78, 5) is 2.67. The van der Waals surface area contributed by atoms with Crippen LogP contribution in [0.15, 0.2) is 0 Å². The molecule has 0 saturated carbocycles. The van der Waals surface area contributed by atoms with Crippen molar-refractivity contribution in [3.63, 3.8) is 0 Å². The number of hydrogen-bond acceptors (Lipinski definition) is 2. The lowest BCUT2D eigenvalue weighted by Gasteiger charge is -2.40. The third-order valence-corrected chi connectivity index (χ3v) is 4.54. The number of nitrogens with zero attached hydrogens (tertiary/aromatic N) is 1. The number of nitrogens with two attached hydrogens (primary N) is 1. The number of hydrogen-bond donors (Lipinski definition) is 1. The van der Waals surface area contributed by atoms with Gasteiger partial charge in [-0.1, -0.05) is 33.1 Å². The van der Waals surface area contributed by atoms with Gasteiger partial charge in [0.05, 0.1) is 0 Å².